The number of aromatic nitrogens is 2. The van der Waals surface area contributed by atoms with Crippen LogP contribution in [0.2, 0.25) is 10.2 Å². The lowest BCUT2D eigenvalue weighted by molar-refractivity contribution is 0.590. The maximum atomic E-state index is 14.0. The monoisotopic (exact) mass is 328 g/mol. The number of hydrogen-bond donors (Lipinski definition) is 0. The maximum absolute atomic E-state index is 14.0. The zero-order valence-electron chi connectivity index (χ0n) is 10.2. The van der Waals surface area contributed by atoms with Crippen molar-refractivity contribution in [3.05, 3.63) is 58.0 Å². The van der Waals surface area contributed by atoms with E-state index in [9.17, 15) is 13.2 Å². The van der Waals surface area contributed by atoms with Gasteiger partial charge in [0.05, 0.1) is 10.6 Å². The van der Waals surface area contributed by atoms with E-state index in [0.29, 0.717) is 6.07 Å². The third kappa shape index (κ3) is 2.43. The molecule has 0 aliphatic carbocycles. The minimum atomic E-state index is -0.905. The highest BCUT2D eigenvalue weighted by Crippen LogP contribution is 2.30. The highest BCUT2D eigenvalue weighted by Gasteiger charge is 2.16. The largest absolute Gasteiger partial charge is 0.225 e. The van der Waals surface area contributed by atoms with Crippen molar-refractivity contribution < 1.29 is 13.2 Å². The topological polar surface area (TPSA) is 25.8 Å². The maximum Gasteiger partial charge on any atom is 0.164 e. The van der Waals surface area contributed by atoms with Gasteiger partial charge in [-0.2, -0.15) is 0 Å². The van der Waals surface area contributed by atoms with Crippen LogP contribution in [0.1, 0.15) is 0 Å². The van der Waals surface area contributed by atoms with Crippen molar-refractivity contribution in [2.45, 2.75) is 0 Å². The first-order chi connectivity index (χ1) is 9.97. The molecule has 3 rings (SSSR count). The van der Waals surface area contributed by atoms with Crippen LogP contribution in [0.4, 0.5) is 13.2 Å². The smallest absolute Gasteiger partial charge is 0.164 e. The Kier molecular flexibility index (Phi) is 3.47. The molecule has 3 aromatic rings. The number of benzene rings is 2. The summed E-state index contributed by atoms with van der Waals surface area (Å²) < 4.78 is 41.0. The molecular formula is C14H5Cl2F3N2. The van der Waals surface area contributed by atoms with E-state index in [4.69, 9.17) is 23.2 Å². The van der Waals surface area contributed by atoms with Crippen molar-refractivity contribution in [3.63, 3.8) is 0 Å². The Bertz CT molecular complexity index is 868. The van der Waals surface area contributed by atoms with Crippen molar-refractivity contribution in [2.24, 2.45) is 0 Å². The van der Waals surface area contributed by atoms with E-state index in [0.717, 1.165) is 6.07 Å². The van der Waals surface area contributed by atoms with Crippen molar-refractivity contribution in [1.82, 2.24) is 9.97 Å². The molecule has 0 spiro atoms. The number of rotatable bonds is 1. The zero-order chi connectivity index (χ0) is 15.1. The van der Waals surface area contributed by atoms with Gasteiger partial charge in [-0.05, 0) is 18.2 Å². The second-order valence-corrected chi connectivity index (χ2v) is 4.99. The minimum absolute atomic E-state index is 0.0142. The van der Waals surface area contributed by atoms with Crippen LogP contribution in [0.15, 0.2) is 30.3 Å². The number of fused-ring (bicyclic) bond motifs is 1. The molecule has 0 bridgehead atoms. The molecule has 0 N–H and O–H groups in total. The van der Waals surface area contributed by atoms with E-state index in [-0.39, 0.29) is 32.5 Å². The highest BCUT2D eigenvalue weighted by atomic mass is 35.5. The van der Waals surface area contributed by atoms with Crippen LogP contribution in [-0.4, -0.2) is 9.97 Å². The van der Waals surface area contributed by atoms with Crippen LogP contribution < -0.4 is 0 Å². The van der Waals surface area contributed by atoms with Gasteiger partial charge >= 0.3 is 0 Å². The second kappa shape index (κ2) is 5.16. The molecule has 1 aromatic heterocycles. The fourth-order valence-corrected chi connectivity index (χ4v) is 2.32. The number of hydrogen-bond acceptors (Lipinski definition) is 2. The van der Waals surface area contributed by atoms with Crippen molar-refractivity contribution in [3.8, 4) is 11.4 Å². The molecule has 2 aromatic carbocycles. The average molecular weight is 329 g/mol. The van der Waals surface area contributed by atoms with Gasteiger partial charge in [0.1, 0.15) is 16.5 Å². The van der Waals surface area contributed by atoms with E-state index in [2.05, 4.69) is 9.97 Å². The molecule has 2 nitrogen and oxygen atoms in total. The summed E-state index contributed by atoms with van der Waals surface area (Å²) in [5.74, 6) is -2.57. The summed E-state index contributed by atoms with van der Waals surface area (Å²) in [4.78, 5) is 7.79. The van der Waals surface area contributed by atoms with Gasteiger partial charge in [-0.25, -0.2) is 23.1 Å². The number of halogens is 5. The predicted molar refractivity (Wildman–Crippen MR) is 74.9 cm³/mol. The van der Waals surface area contributed by atoms with Gasteiger partial charge in [-0.15, -0.1) is 0 Å². The Labute approximate surface area is 127 Å². The predicted octanol–water partition coefficient (Wildman–Crippen LogP) is 5.02. The Morgan fingerprint density at radius 3 is 2.48 bits per heavy atom. The van der Waals surface area contributed by atoms with E-state index in [1.165, 1.54) is 18.2 Å². The molecule has 7 heteroatoms. The molecular weight excluding hydrogens is 324 g/mol. The molecule has 0 radical (unpaired) electrons. The van der Waals surface area contributed by atoms with E-state index in [1.54, 1.807) is 0 Å². The van der Waals surface area contributed by atoms with Gasteiger partial charge < -0.3 is 0 Å². The van der Waals surface area contributed by atoms with Crippen molar-refractivity contribution >= 4 is 34.1 Å². The molecule has 0 unspecified atom stereocenters. The fraction of sp³-hybridized carbons (Fsp3) is 0. The number of nitrogens with zero attached hydrogens (tertiary/aromatic N) is 2. The molecule has 0 saturated heterocycles. The fourth-order valence-electron chi connectivity index (χ4n) is 1.92. The van der Waals surface area contributed by atoms with Crippen LogP contribution in [-0.2, 0) is 0 Å². The van der Waals surface area contributed by atoms with Crippen LogP contribution in [0, 0.1) is 17.5 Å². The summed E-state index contributed by atoms with van der Waals surface area (Å²) in [6, 6.07) is 5.94. The first-order valence-electron chi connectivity index (χ1n) is 5.74. The summed E-state index contributed by atoms with van der Waals surface area (Å²) >= 11 is 11.6. The quantitative estimate of drug-likeness (QED) is 0.586. The molecule has 0 aliphatic rings. The molecule has 21 heavy (non-hydrogen) atoms. The van der Waals surface area contributed by atoms with Gasteiger partial charge in [-0.1, -0.05) is 29.3 Å². The molecule has 0 atom stereocenters. The van der Waals surface area contributed by atoms with Gasteiger partial charge in [0.25, 0.3) is 0 Å². The Morgan fingerprint density at radius 2 is 1.71 bits per heavy atom. The molecule has 106 valence electrons. The Morgan fingerprint density at radius 1 is 0.952 bits per heavy atom. The lowest BCUT2D eigenvalue weighted by atomic mass is 10.1. The lowest BCUT2D eigenvalue weighted by Gasteiger charge is -2.07. The molecule has 0 fully saturated rings. The Hall–Kier alpha value is -1.85. The highest BCUT2D eigenvalue weighted by molar-refractivity contribution is 6.34. The van der Waals surface area contributed by atoms with Crippen LogP contribution >= 0.6 is 23.2 Å². The summed E-state index contributed by atoms with van der Waals surface area (Å²) in [6.45, 7) is 0. The lowest BCUT2D eigenvalue weighted by Crippen LogP contribution is -1.97. The van der Waals surface area contributed by atoms with Crippen LogP contribution in [0.3, 0.4) is 0 Å². The first-order valence-corrected chi connectivity index (χ1v) is 6.49. The average Bonchev–Trinajstić information content (AvgIpc) is 2.43. The Balaban J connectivity index is 2.33. The van der Waals surface area contributed by atoms with E-state index in [1.807, 2.05) is 0 Å². The van der Waals surface area contributed by atoms with Gasteiger partial charge in [0, 0.05) is 11.5 Å². The standard InChI is InChI=1S/C14H5Cl2F3N2/c15-9-3-1-2-7(11(9)19)14-20-12-8(13(16)21-14)4-6(17)5-10(12)18/h1-5H. The van der Waals surface area contributed by atoms with E-state index >= 15 is 0 Å². The normalized spacial score (nSPS) is 11.1. The van der Waals surface area contributed by atoms with Crippen molar-refractivity contribution in [2.75, 3.05) is 0 Å². The summed E-state index contributed by atoms with van der Waals surface area (Å²) in [5.41, 5.74) is -0.208. The zero-order valence-corrected chi connectivity index (χ0v) is 11.7. The van der Waals surface area contributed by atoms with Crippen LogP contribution in [0.5, 0.6) is 0 Å². The molecule has 0 amide bonds. The molecule has 0 saturated carbocycles. The minimum Gasteiger partial charge on any atom is -0.225 e. The summed E-state index contributed by atoms with van der Waals surface area (Å²) in [7, 11) is 0. The van der Waals surface area contributed by atoms with Gasteiger partial charge in [-0.3, -0.25) is 0 Å². The third-order valence-corrected chi connectivity index (χ3v) is 3.44. The van der Waals surface area contributed by atoms with Gasteiger partial charge in [0.15, 0.2) is 17.5 Å². The van der Waals surface area contributed by atoms with E-state index < -0.39 is 17.5 Å². The van der Waals surface area contributed by atoms with Gasteiger partial charge in [0.2, 0.25) is 0 Å². The second-order valence-electron chi connectivity index (χ2n) is 4.22. The summed E-state index contributed by atoms with van der Waals surface area (Å²) in [5, 5.41) is -0.278. The first kappa shape index (κ1) is 14.1. The molecule has 0 aliphatic heterocycles. The third-order valence-electron chi connectivity index (χ3n) is 2.86. The van der Waals surface area contributed by atoms with Crippen LogP contribution in [0.25, 0.3) is 22.3 Å². The SMILES string of the molecule is Fc1cc(F)c2nc(-c3cccc(Cl)c3F)nc(Cl)c2c1. The van der Waals surface area contributed by atoms with Crippen molar-refractivity contribution in [1.29, 1.82) is 0 Å². The summed E-state index contributed by atoms with van der Waals surface area (Å²) in [6.07, 6.45) is 0. The molecule has 1 heterocycles.